The third-order valence-electron chi connectivity index (χ3n) is 19.7. The molecule has 26 nitrogen and oxygen atoms in total. The van der Waals surface area contributed by atoms with Gasteiger partial charge >= 0.3 is 44.4 Å². The molecule has 0 saturated carbocycles. The molecule has 4 aliphatic rings. The van der Waals surface area contributed by atoms with Gasteiger partial charge in [0.1, 0.15) is 16.8 Å². The number of nitrogens with zero attached hydrogens (tertiary/aromatic N) is 7. The molecule has 7 aromatic carbocycles. The number of amides is 3. The van der Waals surface area contributed by atoms with Crippen LogP contribution in [-0.2, 0) is 70.4 Å². The molecule has 0 bridgehead atoms. The number of aryl methyl sites for hydroxylation is 1. The fourth-order valence-corrected chi connectivity index (χ4v) is 14.3. The average molecular weight is 2220 g/mol. The number of imide groups is 1. The zero-order chi connectivity index (χ0) is 98.7. The van der Waals surface area contributed by atoms with E-state index in [4.69, 9.17) is 45.2 Å². The summed E-state index contributed by atoms with van der Waals surface area (Å²) >= 11 is 16.9. The Kier molecular flexibility index (Phi) is 53.9. The molecule has 34 heteroatoms. The number of aliphatic hydroxyl groups is 1. The summed E-state index contributed by atoms with van der Waals surface area (Å²) in [7, 11) is -0.453. The van der Waals surface area contributed by atoms with Crippen molar-refractivity contribution in [2.45, 2.75) is 226 Å². The molecule has 3 fully saturated rings. The van der Waals surface area contributed by atoms with Crippen LogP contribution in [0.2, 0.25) is 0 Å². The van der Waals surface area contributed by atoms with Crippen molar-refractivity contribution in [2.75, 3.05) is 26.4 Å². The molecule has 735 valence electrons. The Labute approximate surface area is 881 Å². The number of Topliss-reactive ketones (excluding diaryl/α,β-unsaturated/α-hetero) is 1. The molecule has 17 rings (SSSR count). The smallest absolute Gasteiger partial charge is 1.00 e. The van der Waals surface area contributed by atoms with Crippen LogP contribution in [-0.4, -0.2) is 155 Å². The number of alkyl carbamates (subject to hydrolysis) is 1. The quantitative estimate of drug-likeness (QED) is 0.0131. The number of pyridine rings is 6. The summed E-state index contributed by atoms with van der Waals surface area (Å²) in [5, 5.41) is 18.0. The third-order valence-corrected chi connectivity index (χ3v) is 21.8. The number of fused-ring (bicyclic) bond motifs is 7. The fourth-order valence-electron chi connectivity index (χ4n) is 12.6. The van der Waals surface area contributed by atoms with E-state index in [-0.39, 0.29) is 90.7 Å². The predicted octanol–water partition coefficient (Wildman–Crippen LogP) is 22.0. The Morgan fingerprint density at radius 2 is 0.812 bits per heavy atom. The van der Waals surface area contributed by atoms with Gasteiger partial charge in [-0.1, -0.05) is 91.6 Å². The van der Waals surface area contributed by atoms with Gasteiger partial charge in [0, 0.05) is 161 Å². The van der Waals surface area contributed by atoms with Crippen LogP contribution >= 0.6 is 79.6 Å². The van der Waals surface area contributed by atoms with E-state index in [2.05, 4.69) is 169 Å². The largest absolute Gasteiger partial charge is 1.00 e. The molecule has 0 unspecified atom stereocenters. The summed E-state index contributed by atoms with van der Waals surface area (Å²) < 4.78 is 52.2. The molecule has 4 aliphatic heterocycles. The molecule has 3 amide bonds. The van der Waals surface area contributed by atoms with Gasteiger partial charge in [0.25, 0.3) is 11.8 Å². The van der Waals surface area contributed by atoms with Crippen molar-refractivity contribution in [3.63, 3.8) is 0 Å². The zero-order valence-corrected chi connectivity index (χ0v) is 88.7. The molecule has 0 atom stereocenters. The molecule has 0 aliphatic carbocycles. The molecular formula is C104H132AlBBr5LiN11O15. The van der Waals surface area contributed by atoms with Gasteiger partial charge in [-0.25, -0.2) is 14.4 Å². The van der Waals surface area contributed by atoms with Crippen molar-refractivity contribution in [3.05, 3.63) is 274 Å². The van der Waals surface area contributed by atoms with Crippen molar-refractivity contribution in [1.29, 1.82) is 0 Å². The van der Waals surface area contributed by atoms with Gasteiger partial charge in [-0.15, -0.1) is 0 Å². The maximum Gasteiger partial charge on any atom is 1.00 e. The van der Waals surface area contributed by atoms with Crippen LogP contribution in [0, 0.1) is 0 Å². The Morgan fingerprint density at radius 1 is 0.493 bits per heavy atom. The monoisotopic (exact) mass is 2220 g/mol. The van der Waals surface area contributed by atoms with Crippen LogP contribution in [0.3, 0.4) is 0 Å². The first-order chi connectivity index (χ1) is 63.4. The Morgan fingerprint density at radius 3 is 1.17 bits per heavy atom. The molecule has 6 aromatic heterocycles. The van der Waals surface area contributed by atoms with Gasteiger partial charge in [-0.2, -0.15) is 0 Å². The average Bonchev–Trinajstić information content (AvgIpc) is 1.63. The van der Waals surface area contributed by atoms with Crippen molar-refractivity contribution < 1.29 is 93.3 Å². The number of benzene rings is 7. The van der Waals surface area contributed by atoms with Crippen LogP contribution in [0.25, 0.3) is 65.4 Å². The van der Waals surface area contributed by atoms with Gasteiger partial charge < -0.3 is 55.3 Å². The molecule has 13 aromatic rings. The SMILES string of the molecule is C.C.C.C1CCOC1.C1CCOC1.CC(=O)c1ccc2ncc(Br)cc2c1.CC(C)(C)OC(=O)NCc1ccc2ncc(B3OC(C)(C)C(C)(C)O3)cc2c1.CC(C)(C)OC(=O)OC(=O)OC(C)(C)C.CCc1ccc2ncc(Br)cc2c1.NCc1ccc2ncc(Br)cc2c1.NN.O=C1c2ccccc2C(=O)N1Cc1ccc2ncc(Br)cc2c1.OCc1ccc2ncc(Br)cc2c1.[2H]CC.[Al].[H-].[Li+]. The standard InChI is InChI=1S/C21H29BN2O4.C18H11BrN2O2.C11H8BrNO.C11H10BrN.C10H9BrN2.C10H8BrNO.C10H18O5.2C4H8O.C2H6.3CH4.Al.Li.H4N2.H/c1-19(2,3)26-18(25)24-12-14-8-9-17-15(10-14)11-16(13-23-17)22-27-20(4,5)21(6,7)28-22;19-13-8-12-7-11(5-6-16(12)20-9-13)10-21-17(22)14-3-1-2-4-15(14)18(21)23;1-7(14)8-2-3-11-9(4-8)5-10(12)6-13-11;1-2-8-3-4-11-9(5-8)6-10(12)7-13-11;11-9-4-8-3-7(5-12)1-2-10(8)13-6-9;11-9-4-8-3-7(6-13)1-2-10(8)12-5-9;1-9(2,3)14-7(11)13-8(12)15-10(4,5)6;2*1-2-4-5-3-1;1-2;;;;;;1-2;/h8-11,13H,12H2,1-7H3,(H,24,25);1-9H,10H2;2-6H,1H3;3-7H,2H2,1H3;1-4,6H,5,12H2;1-5,13H,6H2;1-6H3;2*1-4H2;1-2H3;3*1H4;;;1-2H2;/q;;;;;;;;;;;;;;+1;;-1/i;;;;;;;;;1D;;;;;;;. The number of aliphatic hydroxyl groups excluding tert-OH is 1. The van der Waals surface area contributed by atoms with Gasteiger partial charge in [-0.05, 0) is 358 Å². The molecule has 3 radical (unpaired) electrons. The van der Waals surface area contributed by atoms with E-state index in [1.807, 2.05) is 164 Å². The van der Waals surface area contributed by atoms with Gasteiger partial charge in [0.05, 0.1) is 68.6 Å². The maximum atomic E-state index is 12.4. The van der Waals surface area contributed by atoms with Crippen LogP contribution in [0.5, 0.6) is 0 Å². The van der Waals surface area contributed by atoms with Crippen LogP contribution in [0.4, 0.5) is 14.4 Å². The number of carbonyl (C=O) groups is 6. The second kappa shape index (κ2) is 60.4. The van der Waals surface area contributed by atoms with E-state index in [1.165, 1.54) is 41.5 Å². The third kappa shape index (κ3) is 41.3. The predicted molar refractivity (Wildman–Crippen MR) is 572 cm³/mol. The summed E-state index contributed by atoms with van der Waals surface area (Å²) in [6.07, 6.45) is 14.3. The Balaban J connectivity index is 0.000000803. The second-order valence-electron chi connectivity index (χ2n) is 34.2. The van der Waals surface area contributed by atoms with E-state index in [1.54, 1.807) is 117 Å². The first-order valence-corrected chi connectivity index (χ1v) is 47.0. The maximum absolute atomic E-state index is 12.4. The number of carbonyl (C=O) groups excluding carboxylic acids is 6. The molecule has 0 spiro atoms. The summed E-state index contributed by atoms with van der Waals surface area (Å²) in [6.45, 7) is 35.0. The number of halogens is 5. The van der Waals surface area contributed by atoms with Crippen molar-refractivity contribution >= 4 is 211 Å². The first kappa shape index (κ1) is 123. The number of ketones is 1. The number of nitrogens with two attached hydrogens (primary N) is 3. The second-order valence-corrected chi connectivity index (χ2v) is 38.8. The molecule has 8 N–H and O–H groups in total. The van der Waals surface area contributed by atoms with Crippen molar-refractivity contribution in [2.24, 2.45) is 17.4 Å². The molecule has 10 heterocycles. The molecular weight excluding hydrogens is 2090 g/mol. The first-order valence-electron chi connectivity index (χ1n) is 43.8. The van der Waals surface area contributed by atoms with E-state index in [0.29, 0.717) is 31.1 Å². The minimum Gasteiger partial charge on any atom is -1.00 e. The van der Waals surface area contributed by atoms with Gasteiger partial charge in [0.2, 0.25) is 0 Å². The summed E-state index contributed by atoms with van der Waals surface area (Å²) in [6, 6.07) is 54.3. The summed E-state index contributed by atoms with van der Waals surface area (Å²) in [5.74, 6) is 7.60. The number of aromatic nitrogens is 6. The minimum atomic E-state index is -1.06. The summed E-state index contributed by atoms with van der Waals surface area (Å²) in [4.78, 5) is 97.0. The van der Waals surface area contributed by atoms with E-state index >= 15 is 0 Å². The number of nitrogens with one attached hydrogen (secondary N) is 1. The Hall–Kier alpha value is -8.91. The topological polar surface area (TPSA) is 367 Å². The number of hydrogen-bond donors (Lipinski definition) is 5. The number of hydrogen-bond acceptors (Lipinski definition) is 24. The van der Waals surface area contributed by atoms with Crippen LogP contribution in [0.15, 0.2) is 229 Å². The zero-order valence-electron chi connectivity index (χ0n) is 81.6. The van der Waals surface area contributed by atoms with Gasteiger partial charge in [0.15, 0.2) is 5.78 Å². The van der Waals surface area contributed by atoms with E-state index < -0.39 is 53.5 Å². The Bertz CT molecular complexity index is 5840. The van der Waals surface area contributed by atoms with Crippen molar-refractivity contribution in [3.8, 4) is 0 Å². The molecule has 3 saturated heterocycles. The van der Waals surface area contributed by atoms with Crippen LogP contribution < -0.4 is 47.1 Å². The van der Waals surface area contributed by atoms with E-state index in [0.717, 1.165) is 149 Å². The van der Waals surface area contributed by atoms with E-state index in [9.17, 15) is 28.8 Å². The van der Waals surface area contributed by atoms with Gasteiger partial charge in [-0.3, -0.25) is 60.9 Å². The molecule has 138 heavy (non-hydrogen) atoms. The summed E-state index contributed by atoms with van der Waals surface area (Å²) in [5.41, 5.74) is 16.3. The minimum absolute atomic E-state index is 0. The fraction of sp³-hybridized carbons (Fsp3) is 0.365. The number of hydrazine groups is 1. The number of rotatable bonds is 9. The number of ether oxygens (including phenoxy) is 6. The normalized spacial score (nSPS) is 13.3. The van der Waals surface area contributed by atoms with Crippen molar-refractivity contribution in [1.82, 2.24) is 40.1 Å². The van der Waals surface area contributed by atoms with Crippen LogP contribution in [0.1, 0.15) is 227 Å².